The van der Waals surface area contributed by atoms with Gasteiger partial charge >= 0.3 is 0 Å². The molecule has 0 spiro atoms. The van der Waals surface area contributed by atoms with Gasteiger partial charge in [-0.1, -0.05) is 36.2 Å². The minimum Gasteiger partial charge on any atom is -0.369 e. The van der Waals surface area contributed by atoms with Gasteiger partial charge < -0.3 is 15.5 Å². The number of aliphatic imine (C=N–C) groups is 1. The second-order valence-corrected chi connectivity index (χ2v) is 8.29. The first-order valence-electron chi connectivity index (χ1n) is 11.2. The van der Waals surface area contributed by atoms with E-state index in [-0.39, 0.29) is 17.8 Å². The smallest absolute Gasteiger partial charge is 0.242 e. The number of halogens is 1. The highest BCUT2D eigenvalue weighted by Crippen LogP contribution is 2.22. The predicted octanol–water partition coefficient (Wildman–Crippen LogP) is 3.81. The van der Waals surface area contributed by atoms with Crippen molar-refractivity contribution < 1.29 is 9.59 Å². The van der Waals surface area contributed by atoms with Gasteiger partial charge in [0.1, 0.15) is 0 Å². The Balaban J connectivity index is 0.000000300. The van der Waals surface area contributed by atoms with Crippen LogP contribution in [-0.2, 0) is 9.59 Å². The number of rotatable bonds is 3. The first kappa shape index (κ1) is 27.4. The maximum absolute atomic E-state index is 11.9. The first-order valence-corrected chi connectivity index (χ1v) is 12.0. The molecule has 8 nitrogen and oxygen atoms in total. The standard InChI is InChI=1S/C12H20N2O2.C9H9BrN4.C2H6/c15-11-6-2-1-3-9-14(11)10-12(16)13-7-4-5-8-13;1-6-4-7(10)2-3-8(6)14-9(12)13-5-11;1-2/h1-10H2;2-4H,1H3,(H3,12,13,14);1-2H3. The Labute approximate surface area is 200 Å². The lowest BCUT2D eigenvalue weighted by Crippen LogP contribution is -2.41. The second-order valence-electron chi connectivity index (χ2n) is 7.38. The molecule has 3 N–H and O–H groups in total. The molecule has 0 aliphatic carbocycles. The quantitative estimate of drug-likeness (QED) is 0.280. The fourth-order valence-electron chi connectivity index (χ4n) is 3.39. The van der Waals surface area contributed by atoms with Crippen LogP contribution >= 0.6 is 15.9 Å². The van der Waals surface area contributed by atoms with Crippen LogP contribution in [0.3, 0.4) is 0 Å². The van der Waals surface area contributed by atoms with E-state index in [0.717, 1.165) is 67.5 Å². The largest absolute Gasteiger partial charge is 0.369 e. The second kappa shape index (κ2) is 15.2. The number of benzene rings is 1. The Bertz CT molecular complexity index is 815. The molecule has 0 aromatic heterocycles. The number of carbonyl (C=O) groups is 2. The van der Waals surface area contributed by atoms with Gasteiger partial charge in [-0.05, 0) is 56.4 Å². The molecule has 32 heavy (non-hydrogen) atoms. The average Bonchev–Trinajstić information content (AvgIpc) is 3.24. The summed E-state index contributed by atoms with van der Waals surface area (Å²) in [7, 11) is 0. The van der Waals surface area contributed by atoms with Crippen molar-refractivity contribution >= 4 is 39.4 Å². The number of guanidine groups is 1. The van der Waals surface area contributed by atoms with Gasteiger partial charge in [-0.15, -0.1) is 0 Å². The van der Waals surface area contributed by atoms with Crippen LogP contribution in [0, 0.1) is 18.4 Å². The third kappa shape index (κ3) is 9.69. The third-order valence-corrected chi connectivity index (χ3v) is 5.53. The van der Waals surface area contributed by atoms with E-state index in [9.17, 15) is 9.59 Å². The van der Waals surface area contributed by atoms with Gasteiger partial charge in [-0.25, -0.2) is 4.99 Å². The fraction of sp³-hybridized carbons (Fsp3) is 0.565. The predicted molar refractivity (Wildman–Crippen MR) is 131 cm³/mol. The van der Waals surface area contributed by atoms with Crippen molar-refractivity contribution in [3.05, 3.63) is 28.2 Å². The number of nitrogens with zero attached hydrogens (tertiary/aromatic N) is 4. The number of hydrogen-bond acceptors (Lipinski definition) is 4. The van der Waals surface area contributed by atoms with E-state index in [4.69, 9.17) is 11.0 Å². The highest BCUT2D eigenvalue weighted by molar-refractivity contribution is 9.10. The average molecular weight is 507 g/mol. The summed E-state index contributed by atoms with van der Waals surface area (Å²) in [6.07, 6.45) is 7.67. The molecule has 0 atom stereocenters. The molecule has 2 aliphatic heterocycles. The number of nitrogens with two attached hydrogens (primary N) is 1. The lowest BCUT2D eigenvalue weighted by Gasteiger charge is -2.23. The van der Waals surface area contributed by atoms with Crippen molar-refractivity contribution in [3.63, 3.8) is 0 Å². The number of carbonyl (C=O) groups excluding carboxylic acids is 2. The molecule has 0 saturated carbocycles. The first-order chi connectivity index (χ1) is 15.4. The Hall–Kier alpha value is -2.60. The monoisotopic (exact) mass is 506 g/mol. The zero-order valence-corrected chi connectivity index (χ0v) is 20.9. The summed E-state index contributed by atoms with van der Waals surface area (Å²) in [5, 5.41) is 10.6. The number of nitrogens with one attached hydrogen (secondary N) is 1. The van der Waals surface area contributed by atoms with Crippen molar-refractivity contribution in [2.45, 2.75) is 59.3 Å². The molecule has 0 bridgehead atoms. The van der Waals surface area contributed by atoms with Crippen LogP contribution in [0.1, 0.15) is 57.9 Å². The molecule has 1 aromatic carbocycles. The Morgan fingerprint density at radius 1 is 1.19 bits per heavy atom. The third-order valence-electron chi connectivity index (χ3n) is 5.04. The van der Waals surface area contributed by atoms with Crippen LogP contribution in [0.15, 0.2) is 27.7 Å². The van der Waals surface area contributed by atoms with E-state index in [0.29, 0.717) is 13.0 Å². The normalized spacial score (nSPS) is 16.1. The fourth-order valence-corrected chi connectivity index (χ4v) is 3.87. The summed E-state index contributed by atoms with van der Waals surface area (Å²) in [4.78, 5) is 31.3. The molecule has 0 radical (unpaired) electrons. The summed E-state index contributed by atoms with van der Waals surface area (Å²) in [5.41, 5.74) is 7.16. The van der Waals surface area contributed by atoms with Crippen LogP contribution in [-0.4, -0.2) is 53.8 Å². The van der Waals surface area contributed by atoms with Gasteiger partial charge in [0.05, 0.1) is 12.2 Å². The van der Waals surface area contributed by atoms with Crippen LogP contribution in [0.5, 0.6) is 0 Å². The highest BCUT2D eigenvalue weighted by Gasteiger charge is 2.23. The molecule has 2 aliphatic rings. The van der Waals surface area contributed by atoms with Gasteiger partial charge in [0.2, 0.25) is 17.8 Å². The lowest BCUT2D eigenvalue weighted by atomic mass is 10.2. The summed E-state index contributed by atoms with van der Waals surface area (Å²) in [5.74, 6) is 0.385. The minimum atomic E-state index is 0.0953. The Morgan fingerprint density at radius 2 is 1.84 bits per heavy atom. The van der Waals surface area contributed by atoms with E-state index in [1.807, 2.05) is 43.9 Å². The lowest BCUT2D eigenvalue weighted by molar-refractivity contribution is -0.139. The van der Waals surface area contributed by atoms with E-state index in [2.05, 4.69) is 26.2 Å². The Morgan fingerprint density at radius 3 is 2.47 bits per heavy atom. The van der Waals surface area contributed by atoms with Crippen LogP contribution in [0.2, 0.25) is 0 Å². The molecule has 2 fully saturated rings. The number of amides is 2. The molecular weight excluding hydrogens is 472 g/mol. The zero-order chi connectivity index (χ0) is 23.9. The van der Waals surface area contributed by atoms with Gasteiger partial charge in [-0.3, -0.25) is 14.9 Å². The maximum atomic E-state index is 11.9. The Kier molecular flexibility index (Phi) is 13.1. The van der Waals surface area contributed by atoms with E-state index < -0.39 is 0 Å². The molecule has 3 rings (SSSR count). The van der Waals surface area contributed by atoms with E-state index in [1.165, 1.54) is 0 Å². The van der Waals surface area contributed by atoms with Crippen LogP contribution in [0.25, 0.3) is 0 Å². The number of hydrogen-bond donors (Lipinski definition) is 2. The topological polar surface area (TPSA) is 115 Å². The van der Waals surface area contributed by atoms with Crippen molar-refractivity contribution in [1.29, 1.82) is 5.26 Å². The molecule has 0 unspecified atom stereocenters. The molecule has 176 valence electrons. The van der Waals surface area contributed by atoms with Crippen LogP contribution < -0.4 is 11.1 Å². The summed E-state index contributed by atoms with van der Waals surface area (Å²) < 4.78 is 0.987. The molecule has 2 saturated heterocycles. The molecule has 9 heteroatoms. The molecule has 2 amide bonds. The molecular formula is C23H35BrN6O2. The van der Waals surface area contributed by atoms with Crippen molar-refractivity contribution in [1.82, 2.24) is 15.1 Å². The summed E-state index contributed by atoms with van der Waals surface area (Å²) >= 11 is 3.35. The number of aryl methyl sites for hydroxylation is 1. The van der Waals surface area contributed by atoms with E-state index in [1.54, 1.807) is 11.1 Å². The molecule has 2 heterocycles. The number of likely N-dealkylation sites (tertiary alicyclic amines) is 2. The molecule has 1 aromatic rings. The van der Waals surface area contributed by atoms with Crippen LogP contribution in [0.4, 0.5) is 5.69 Å². The van der Waals surface area contributed by atoms with Crippen molar-refractivity contribution in [2.24, 2.45) is 10.7 Å². The van der Waals surface area contributed by atoms with Crippen molar-refractivity contribution in [3.8, 4) is 6.19 Å². The summed E-state index contributed by atoms with van der Waals surface area (Å²) in [6.45, 7) is 8.74. The minimum absolute atomic E-state index is 0.0953. The number of nitriles is 1. The van der Waals surface area contributed by atoms with Gasteiger partial charge in [-0.2, -0.15) is 5.26 Å². The summed E-state index contributed by atoms with van der Waals surface area (Å²) in [6, 6.07) is 5.62. The van der Waals surface area contributed by atoms with Gasteiger partial charge in [0.15, 0.2) is 6.19 Å². The van der Waals surface area contributed by atoms with Crippen molar-refractivity contribution in [2.75, 3.05) is 26.2 Å². The maximum Gasteiger partial charge on any atom is 0.242 e. The van der Waals surface area contributed by atoms with Gasteiger partial charge in [0.25, 0.3) is 0 Å². The van der Waals surface area contributed by atoms with Gasteiger partial charge in [0, 0.05) is 30.5 Å². The zero-order valence-electron chi connectivity index (χ0n) is 19.4. The highest BCUT2D eigenvalue weighted by atomic mass is 79.9. The van der Waals surface area contributed by atoms with E-state index >= 15 is 0 Å². The SMILES string of the molecule is CC.Cc1cc(Br)ccc1N=C(N)NC#N.O=C(CN1CCCCCC1=O)N1CCCC1.